The lowest BCUT2D eigenvalue weighted by Crippen LogP contribution is -2.14. The number of hydrogen-bond donors (Lipinski definition) is 0. The Balaban J connectivity index is 2.33. The van der Waals surface area contributed by atoms with E-state index in [2.05, 4.69) is 20.8 Å². The molecule has 0 saturated heterocycles. The Morgan fingerprint density at radius 1 is 1.31 bits per heavy atom. The van der Waals surface area contributed by atoms with Crippen molar-refractivity contribution in [2.45, 2.75) is 45.1 Å². The molecule has 1 aromatic rings. The molecular weight excluding hydrogens is 200 g/mol. The molecule has 0 amide bonds. The van der Waals surface area contributed by atoms with Gasteiger partial charge in [0.2, 0.25) is 0 Å². The molecule has 0 N–H and O–H groups in total. The first-order valence-corrected chi connectivity index (χ1v) is 5.77. The van der Waals surface area contributed by atoms with Crippen molar-refractivity contribution in [2.75, 3.05) is 0 Å². The summed E-state index contributed by atoms with van der Waals surface area (Å²) < 4.78 is 5.74. The highest BCUT2D eigenvalue weighted by Gasteiger charge is 2.25. The zero-order chi connectivity index (χ0) is 11.8. The molecule has 1 aliphatic carbocycles. The molecule has 0 aliphatic heterocycles. The minimum Gasteiger partial charge on any atom is -0.490 e. The Morgan fingerprint density at radius 3 is 2.50 bits per heavy atom. The molecule has 1 saturated carbocycles. The highest BCUT2D eigenvalue weighted by atomic mass is 16.5. The molecule has 1 aliphatic rings. The second-order valence-electron chi connectivity index (χ2n) is 5.43. The number of aldehydes is 1. The first-order valence-electron chi connectivity index (χ1n) is 5.77. The predicted octanol–water partition coefficient (Wildman–Crippen LogP) is 3.34. The van der Waals surface area contributed by atoms with Crippen LogP contribution < -0.4 is 4.74 Å². The molecule has 0 heterocycles. The maximum absolute atomic E-state index is 11.0. The Hall–Kier alpha value is -1.31. The molecule has 0 bridgehead atoms. The fraction of sp³-hybridized carbons (Fsp3) is 0.500. The Bertz CT molecular complexity index is 398. The van der Waals surface area contributed by atoms with Crippen molar-refractivity contribution in [1.82, 2.24) is 0 Å². The highest BCUT2D eigenvalue weighted by molar-refractivity contribution is 5.78. The van der Waals surface area contributed by atoms with E-state index >= 15 is 0 Å². The lowest BCUT2D eigenvalue weighted by atomic mass is 9.84. The van der Waals surface area contributed by atoms with E-state index in [0.717, 1.165) is 36.0 Å². The van der Waals surface area contributed by atoms with Gasteiger partial charge in [0, 0.05) is 5.56 Å². The molecular formula is C14H18O2. The molecule has 2 heteroatoms. The average Bonchev–Trinajstić information content (AvgIpc) is 3.00. The molecule has 1 aromatic carbocycles. The van der Waals surface area contributed by atoms with Gasteiger partial charge in [-0.15, -0.1) is 0 Å². The molecule has 2 nitrogen and oxygen atoms in total. The van der Waals surface area contributed by atoms with Gasteiger partial charge in [-0.1, -0.05) is 20.8 Å². The van der Waals surface area contributed by atoms with Crippen molar-refractivity contribution in [1.29, 1.82) is 0 Å². The van der Waals surface area contributed by atoms with E-state index in [-0.39, 0.29) is 5.41 Å². The third kappa shape index (κ3) is 2.43. The smallest absolute Gasteiger partial charge is 0.150 e. The Morgan fingerprint density at radius 2 is 2.00 bits per heavy atom. The van der Waals surface area contributed by atoms with Crippen molar-refractivity contribution < 1.29 is 9.53 Å². The van der Waals surface area contributed by atoms with Gasteiger partial charge in [-0.25, -0.2) is 0 Å². The van der Waals surface area contributed by atoms with Crippen LogP contribution in [0.5, 0.6) is 5.75 Å². The van der Waals surface area contributed by atoms with Crippen LogP contribution in [0.4, 0.5) is 0 Å². The first kappa shape index (κ1) is 11.2. The zero-order valence-corrected chi connectivity index (χ0v) is 10.1. The molecule has 0 spiro atoms. The van der Waals surface area contributed by atoms with E-state index in [9.17, 15) is 4.79 Å². The molecule has 16 heavy (non-hydrogen) atoms. The summed E-state index contributed by atoms with van der Waals surface area (Å²) >= 11 is 0. The van der Waals surface area contributed by atoms with E-state index in [1.54, 1.807) is 0 Å². The molecule has 86 valence electrons. The number of rotatable bonds is 3. The van der Waals surface area contributed by atoms with E-state index in [1.807, 2.05) is 18.2 Å². The van der Waals surface area contributed by atoms with Gasteiger partial charge in [-0.05, 0) is 42.0 Å². The number of carbonyl (C=O) groups is 1. The van der Waals surface area contributed by atoms with Gasteiger partial charge in [0.25, 0.3) is 0 Å². The van der Waals surface area contributed by atoms with Gasteiger partial charge in [0.05, 0.1) is 6.10 Å². The second kappa shape index (κ2) is 3.93. The van der Waals surface area contributed by atoms with E-state index in [1.165, 1.54) is 0 Å². The van der Waals surface area contributed by atoms with Crippen molar-refractivity contribution in [3.8, 4) is 5.75 Å². The van der Waals surface area contributed by atoms with Crippen molar-refractivity contribution in [2.24, 2.45) is 0 Å². The fourth-order valence-electron chi connectivity index (χ4n) is 1.74. The summed E-state index contributed by atoms with van der Waals surface area (Å²) in [4.78, 5) is 11.0. The monoisotopic (exact) mass is 218 g/mol. The standard InChI is InChI=1S/C14H18O2/c1-14(2,3)13-8-12(16-11-6-7-11)5-4-10(13)9-15/h4-5,8-9,11H,6-7H2,1-3H3. The summed E-state index contributed by atoms with van der Waals surface area (Å²) in [5, 5.41) is 0. The summed E-state index contributed by atoms with van der Waals surface area (Å²) in [7, 11) is 0. The van der Waals surface area contributed by atoms with Gasteiger partial charge in [0.1, 0.15) is 12.0 Å². The fourth-order valence-corrected chi connectivity index (χ4v) is 1.74. The van der Waals surface area contributed by atoms with E-state index in [0.29, 0.717) is 6.10 Å². The lowest BCUT2D eigenvalue weighted by Gasteiger charge is -2.22. The van der Waals surface area contributed by atoms with Crippen LogP contribution in [0.3, 0.4) is 0 Å². The molecule has 2 rings (SSSR count). The predicted molar refractivity (Wildman–Crippen MR) is 64.2 cm³/mol. The van der Waals surface area contributed by atoms with Crippen LogP contribution in [-0.2, 0) is 5.41 Å². The van der Waals surface area contributed by atoms with Crippen LogP contribution in [-0.4, -0.2) is 12.4 Å². The zero-order valence-electron chi connectivity index (χ0n) is 10.1. The van der Waals surface area contributed by atoms with Gasteiger partial charge in [0.15, 0.2) is 0 Å². The minimum atomic E-state index is -0.0286. The summed E-state index contributed by atoms with van der Waals surface area (Å²) in [5.74, 6) is 0.887. The van der Waals surface area contributed by atoms with Gasteiger partial charge in [-0.2, -0.15) is 0 Å². The lowest BCUT2D eigenvalue weighted by molar-refractivity contribution is 0.112. The van der Waals surface area contributed by atoms with Crippen molar-refractivity contribution in [3.63, 3.8) is 0 Å². The maximum Gasteiger partial charge on any atom is 0.150 e. The Labute approximate surface area is 96.6 Å². The van der Waals surface area contributed by atoms with Crippen LogP contribution in [0.15, 0.2) is 18.2 Å². The summed E-state index contributed by atoms with van der Waals surface area (Å²) in [6.45, 7) is 6.32. The molecule has 0 unspecified atom stereocenters. The number of carbonyl (C=O) groups excluding carboxylic acids is 1. The maximum atomic E-state index is 11.0. The van der Waals surface area contributed by atoms with Crippen molar-refractivity contribution in [3.05, 3.63) is 29.3 Å². The third-order valence-corrected chi connectivity index (χ3v) is 2.79. The van der Waals surface area contributed by atoms with Crippen LogP contribution in [0.2, 0.25) is 0 Å². The first-order chi connectivity index (χ1) is 7.50. The third-order valence-electron chi connectivity index (χ3n) is 2.79. The molecule has 0 radical (unpaired) electrons. The van der Waals surface area contributed by atoms with Gasteiger partial charge < -0.3 is 4.74 Å². The van der Waals surface area contributed by atoms with E-state index < -0.39 is 0 Å². The number of hydrogen-bond acceptors (Lipinski definition) is 2. The van der Waals surface area contributed by atoms with Gasteiger partial charge >= 0.3 is 0 Å². The topological polar surface area (TPSA) is 26.3 Å². The average molecular weight is 218 g/mol. The minimum absolute atomic E-state index is 0.0286. The van der Waals surface area contributed by atoms with Gasteiger partial charge in [-0.3, -0.25) is 4.79 Å². The molecule has 1 fully saturated rings. The van der Waals surface area contributed by atoms with Crippen LogP contribution in [0.25, 0.3) is 0 Å². The number of ether oxygens (including phenoxy) is 1. The number of benzene rings is 1. The molecule has 0 atom stereocenters. The normalized spacial score (nSPS) is 15.9. The highest BCUT2D eigenvalue weighted by Crippen LogP contribution is 2.32. The van der Waals surface area contributed by atoms with Crippen molar-refractivity contribution >= 4 is 6.29 Å². The quantitative estimate of drug-likeness (QED) is 0.727. The van der Waals surface area contributed by atoms with Crippen LogP contribution in [0, 0.1) is 0 Å². The molecule has 0 aromatic heterocycles. The summed E-state index contributed by atoms with van der Waals surface area (Å²) in [6, 6.07) is 5.74. The SMILES string of the molecule is CC(C)(C)c1cc(OC2CC2)ccc1C=O. The van der Waals surface area contributed by atoms with Crippen LogP contribution >= 0.6 is 0 Å². The Kier molecular flexibility index (Phi) is 2.75. The summed E-state index contributed by atoms with van der Waals surface area (Å²) in [6.07, 6.45) is 3.62. The second-order valence-corrected chi connectivity index (χ2v) is 5.43. The van der Waals surface area contributed by atoms with E-state index in [4.69, 9.17) is 4.74 Å². The summed E-state index contributed by atoms with van der Waals surface area (Å²) in [5.41, 5.74) is 1.79. The largest absolute Gasteiger partial charge is 0.490 e. The van der Waals surface area contributed by atoms with Crippen LogP contribution in [0.1, 0.15) is 49.5 Å².